The second-order valence-corrected chi connectivity index (χ2v) is 8.14. The standard InChI is InChI=1S/C22H19N3O3S/c1-13-16-8-9-29-20(16)19-18(21(26)24-11-15(12-24)28-2)10-17(22(27)25(19)23-13)14-6-4-3-5-7-14/h3-10,15H,11-12H2,1-2H3. The number of aryl methyl sites for hydroxylation is 1. The average molecular weight is 405 g/mol. The fraction of sp³-hybridized carbons (Fsp3) is 0.227. The molecular weight excluding hydrogens is 386 g/mol. The molecule has 0 aliphatic carbocycles. The van der Waals surface area contributed by atoms with Gasteiger partial charge in [0.2, 0.25) is 0 Å². The number of ether oxygens (including phenoxy) is 1. The molecule has 7 heteroatoms. The maximum atomic E-state index is 13.4. The summed E-state index contributed by atoms with van der Waals surface area (Å²) in [7, 11) is 1.65. The fourth-order valence-corrected chi connectivity index (χ4v) is 4.80. The molecule has 1 fully saturated rings. The molecule has 0 unspecified atom stereocenters. The monoisotopic (exact) mass is 405 g/mol. The van der Waals surface area contributed by atoms with Crippen LogP contribution in [0.2, 0.25) is 0 Å². The van der Waals surface area contributed by atoms with E-state index < -0.39 is 0 Å². The van der Waals surface area contributed by atoms with Crippen LogP contribution in [0.1, 0.15) is 16.1 Å². The third-order valence-corrected chi connectivity index (χ3v) is 6.40. The van der Waals surface area contributed by atoms with Crippen LogP contribution in [0, 0.1) is 6.92 Å². The van der Waals surface area contributed by atoms with Crippen molar-refractivity contribution in [2.75, 3.05) is 20.2 Å². The molecule has 5 rings (SSSR count). The summed E-state index contributed by atoms with van der Waals surface area (Å²) in [5, 5.41) is 7.49. The van der Waals surface area contributed by atoms with Gasteiger partial charge in [0.15, 0.2) is 0 Å². The number of pyridine rings is 1. The summed E-state index contributed by atoms with van der Waals surface area (Å²) in [6, 6.07) is 13.1. The number of hydrogen-bond donors (Lipinski definition) is 0. The van der Waals surface area contributed by atoms with E-state index in [1.54, 1.807) is 18.1 Å². The molecule has 4 aromatic rings. The van der Waals surface area contributed by atoms with Crippen molar-refractivity contribution in [1.29, 1.82) is 0 Å². The van der Waals surface area contributed by atoms with Crippen LogP contribution in [0.25, 0.3) is 26.7 Å². The normalized spacial score (nSPS) is 14.5. The molecule has 1 aromatic carbocycles. The van der Waals surface area contributed by atoms with Crippen molar-refractivity contribution in [3.63, 3.8) is 0 Å². The maximum Gasteiger partial charge on any atom is 0.279 e. The minimum absolute atomic E-state index is 0.0624. The number of fused-ring (bicyclic) bond motifs is 3. The van der Waals surface area contributed by atoms with E-state index in [-0.39, 0.29) is 17.6 Å². The van der Waals surface area contributed by atoms with Crippen molar-refractivity contribution in [2.24, 2.45) is 0 Å². The van der Waals surface area contributed by atoms with Crippen LogP contribution in [-0.4, -0.2) is 46.7 Å². The number of thiophene rings is 1. The van der Waals surface area contributed by atoms with Gasteiger partial charge in [-0.05, 0) is 30.0 Å². The van der Waals surface area contributed by atoms with Crippen molar-refractivity contribution in [1.82, 2.24) is 14.5 Å². The first-order chi connectivity index (χ1) is 14.1. The Morgan fingerprint density at radius 2 is 1.97 bits per heavy atom. The molecule has 3 aromatic heterocycles. The Hall–Kier alpha value is -3.03. The van der Waals surface area contributed by atoms with Crippen LogP contribution in [0.3, 0.4) is 0 Å². The van der Waals surface area contributed by atoms with Crippen LogP contribution in [0.15, 0.2) is 52.6 Å². The highest BCUT2D eigenvalue weighted by atomic mass is 32.1. The van der Waals surface area contributed by atoms with Crippen LogP contribution in [0.4, 0.5) is 0 Å². The number of carbonyl (C=O) groups excluding carboxylic acids is 1. The third kappa shape index (κ3) is 2.77. The molecule has 146 valence electrons. The highest BCUT2D eigenvalue weighted by Crippen LogP contribution is 2.31. The summed E-state index contributed by atoms with van der Waals surface area (Å²) in [4.78, 5) is 28.5. The van der Waals surface area contributed by atoms with E-state index in [1.165, 1.54) is 15.9 Å². The second-order valence-electron chi connectivity index (χ2n) is 7.22. The van der Waals surface area contributed by atoms with E-state index in [9.17, 15) is 9.59 Å². The lowest BCUT2D eigenvalue weighted by molar-refractivity contribution is -0.0191. The Morgan fingerprint density at radius 3 is 2.69 bits per heavy atom. The molecule has 0 radical (unpaired) electrons. The van der Waals surface area contributed by atoms with Gasteiger partial charge in [-0.25, -0.2) is 0 Å². The average Bonchev–Trinajstić information content (AvgIpc) is 3.19. The van der Waals surface area contributed by atoms with Crippen molar-refractivity contribution in [3.8, 4) is 11.1 Å². The SMILES string of the molecule is COC1CN(C(=O)c2cc(-c3ccccc3)c(=O)n3nc(C)c4ccsc4c23)C1. The predicted molar refractivity (Wildman–Crippen MR) is 114 cm³/mol. The van der Waals surface area contributed by atoms with Crippen molar-refractivity contribution < 1.29 is 9.53 Å². The van der Waals surface area contributed by atoms with Crippen LogP contribution in [0.5, 0.6) is 0 Å². The first-order valence-electron chi connectivity index (χ1n) is 9.40. The van der Waals surface area contributed by atoms with E-state index in [0.29, 0.717) is 29.7 Å². The second kappa shape index (κ2) is 6.79. The molecule has 0 bridgehead atoms. The van der Waals surface area contributed by atoms with E-state index in [2.05, 4.69) is 5.10 Å². The molecule has 0 spiro atoms. The molecular formula is C22H19N3O3S. The zero-order chi connectivity index (χ0) is 20.1. The van der Waals surface area contributed by atoms with Crippen molar-refractivity contribution in [2.45, 2.75) is 13.0 Å². The highest BCUT2D eigenvalue weighted by Gasteiger charge is 2.33. The molecule has 0 N–H and O–H groups in total. The van der Waals surface area contributed by atoms with Gasteiger partial charge >= 0.3 is 0 Å². The lowest BCUT2D eigenvalue weighted by Crippen LogP contribution is -2.54. The summed E-state index contributed by atoms with van der Waals surface area (Å²) in [6.07, 6.45) is 0.0624. The van der Waals surface area contributed by atoms with Gasteiger partial charge in [0.25, 0.3) is 11.5 Å². The number of nitrogens with zero attached hydrogens (tertiary/aromatic N) is 3. The Balaban J connectivity index is 1.81. The molecule has 4 heterocycles. The van der Waals surface area contributed by atoms with Crippen LogP contribution >= 0.6 is 11.3 Å². The van der Waals surface area contributed by atoms with Gasteiger partial charge in [0.1, 0.15) is 0 Å². The summed E-state index contributed by atoms with van der Waals surface area (Å²) < 4.78 is 7.62. The Kier molecular flexibility index (Phi) is 4.22. The largest absolute Gasteiger partial charge is 0.378 e. The molecule has 1 amide bonds. The van der Waals surface area contributed by atoms with Gasteiger partial charge in [-0.3, -0.25) is 9.59 Å². The van der Waals surface area contributed by atoms with Gasteiger partial charge in [-0.1, -0.05) is 30.3 Å². The van der Waals surface area contributed by atoms with Crippen LogP contribution in [-0.2, 0) is 4.74 Å². The van der Waals surface area contributed by atoms with Gasteiger partial charge in [0, 0.05) is 31.1 Å². The number of rotatable bonds is 3. The summed E-state index contributed by atoms with van der Waals surface area (Å²) in [5.41, 5.74) is 2.86. The minimum Gasteiger partial charge on any atom is -0.378 e. The Bertz CT molecular complexity index is 1300. The quantitative estimate of drug-likeness (QED) is 0.524. The topological polar surface area (TPSA) is 63.9 Å². The van der Waals surface area contributed by atoms with Gasteiger partial charge in [-0.15, -0.1) is 11.3 Å². The predicted octanol–water partition coefficient (Wildman–Crippen LogP) is 3.36. The molecule has 29 heavy (non-hydrogen) atoms. The summed E-state index contributed by atoms with van der Waals surface area (Å²) >= 11 is 1.52. The molecule has 1 aliphatic rings. The molecule has 0 atom stereocenters. The van der Waals surface area contributed by atoms with Crippen molar-refractivity contribution >= 4 is 32.8 Å². The van der Waals surface area contributed by atoms with E-state index in [4.69, 9.17) is 4.74 Å². The number of likely N-dealkylation sites (tertiary alicyclic amines) is 1. The summed E-state index contributed by atoms with van der Waals surface area (Å²) in [6.45, 7) is 2.98. The lowest BCUT2D eigenvalue weighted by Gasteiger charge is -2.38. The molecule has 1 saturated heterocycles. The minimum atomic E-state index is -0.223. The molecule has 1 aliphatic heterocycles. The molecule has 6 nitrogen and oxygen atoms in total. The van der Waals surface area contributed by atoms with Crippen molar-refractivity contribution in [3.05, 3.63) is 69.5 Å². The maximum absolute atomic E-state index is 13.4. The first-order valence-corrected chi connectivity index (χ1v) is 10.3. The van der Waals surface area contributed by atoms with Gasteiger partial charge in [0.05, 0.1) is 27.6 Å². The lowest BCUT2D eigenvalue weighted by atomic mass is 10.0. The van der Waals surface area contributed by atoms with Gasteiger partial charge in [-0.2, -0.15) is 9.61 Å². The number of amides is 1. The Labute approximate surface area is 171 Å². The van der Waals surface area contributed by atoms with E-state index >= 15 is 0 Å². The fourth-order valence-electron chi connectivity index (χ4n) is 3.81. The van der Waals surface area contributed by atoms with E-state index in [0.717, 1.165) is 21.3 Å². The highest BCUT2D eigenvalue weighted by molar-refractivity contribution is 7.18. The van der Waals surface area contributed by atoms with E-state index in [1.807, 2.05) is 48.7 Å². The first kappa shape index (κ1) is 18.0. The summed E-state index contributed by atoms with van der Waals surface area (Å²) in [5.74, 6) is -0.103. The Morgan fingerprint density at radius 1 is 1.21 bits per heavy atom. The molecule has 0 saturated carbocycles. The number of carbonyl (C=O) groups is 1. The number of aromatic nitrogens is 2. The van der Waals surface area contributed by atoms with Crippen LogP contribution < -0.4 is 5.56 Å². The van der Waals surface area contributed by atoms with Gasteiger partial charge < -0.3 is 9.64 Å². The number of benzene rings is 1. The zero-order valence-corrected chi connectivity index (χ0v) is 16.9. The zero-order valence-electron chi connectivity index (χ0n) is 16.1. The third-order valence-electron chi connectivity index (χ3n) is 5.48. The smallest absolute Gasteiger partial charge is 0.279 e. The number of methoxy groups -OCH3 is 1. The number of hydrogen-bond acceptors (Lipinski definition) is 5.